The molecule has 35 heavy (non-hydrogen) atoms. The van der Waals surface area contributed by atoms with E-state index in [9.17, 15) is 18.0 Å². The van der Waals surface area contributed by atoms with E-state index in [0.29, 0.717) is 29.4 Å². The van der Waals surface area contributed by atoms with Gasteiger partial charge in [-0.2, -0.15) is 0 Å². The lowest BCUT2D eigenvalue weighted by Gasteiger charge is -2.39. The number of aromatic nitrogens is 1. The highest BCUT2D eigenvalue weighted by Crippen LogP contribution is 2.63. The maximum absolute atomic E-state index is 14.0. The van der Waals surface area contributed by atoms with Gasteiger partial charge in [-0.1, -0.05) is 23.8 Å². The van der Waals surface area contributed by atoms with Gasteiger partial charge in [0.25, 0.3) is 10.0 Å². The van der Waals surface area contributed by atoms with E-state index in [1.54, 1.807) is 36.5 Å². The molecule has 2 bridgehead atoms. The van der Waals surface area contributed by atoms with Crippen LogP contribution in [0.25, 0.3) is 5.70 Å². The van der Waals surface area contributed by atoms with Crippen LogP contribution >= 0.6 is 27.7 Å². The van der Waals surface area contributed by atoms with Gasteiger partial charge >= 0.3 is 0 Å². The van der Waals surface area contributed by atoms with Gasteiger partial charge in [-0.15, -0.1) is 11.8 Å². The monoisotopic (exact) mass is 567 g/mol. The lowest BCUT2D eigenvalue weighted by molar-refractivity contribution is -0.110. The minimum atomic E-state index is -4.00. The van der Waals surface area contributed by atoms with Gasteiger partial charge in [0.2, 0.25) is 5.78 Å². The summed E-state index contributed by atoms with van der Waals surface area (Å²) in [6.07, 6.45) is 6.38. The Morgan fingerprint density at radius 1 is 1.23 bits per heavy atom. The number of hydrogen-bond acceptors (Lipinski definition) is 7. The Hall–Kier alpha value is -2.69. The lowest BCUT2D eigenvalue weighted by atomic mass is 9.66. The smallest absolute Gasteiger partial charge is 0.268 e. The van der Waals surface area contributed by atoms with Crippen molar-refractivity contribution >= 4 is 60.7 Å². The van der Waals surface area contributed by atoms with E-state index in [0.717, 1.165) is 31.3 Å². The SMILES string of the molecule is Cc1ccc(S(=O)(=O)n2cc3c4c2C(=O)C2=N[C@@H]5C[C@]6(C=C(Br)C(=O)C=C6S5)C2=C4NCC3)cc1. The predicted molar refractivity (Wildman–Crippen MR) is 137 cm³/mol. The number of halogens is 1. The van der Waals surface area contributed by atoms with Crippen molar-refractivity contribution < 1.29 is 18.0 Å². The van der Waals surface area contributed by atoms with Crippen LogP contribution in [0.15, 0.2) is 67.5 Å². The number of allylic oxidation sites excluding steroid dienone is 5. The Morgan fingerprint density at radius 2 is 2.00 bits per heavy atom. The number of aliphatic imine (C=N–C) groups is 1. The van der Waals surface area contributed by atoms with Gasteiger partial charge in [0.1, 0.15) is 16.8 Å². The first-order valence-electron chi connectivity index (χ1n) is 11.2. The second kappa shape index (κ2) is 6.96. The van der Waals surface area contributed by atoms with Gasteiger partial charge in [-0.05, 0) is 59.5 Å². The molecule has 1 saturated heterocycles. The van der Waals surface area contributed by atoms with E-state index in [1.165, 1.54) is 11.8 Å². The molecule has 7 nitrogen and oxygen atoms in total. The van der Waals surface area contributed by atoms with E-state index in [-0.39, 0.29) is 27.5 Å². The fourth-order valence-electron chi connectivity index (χ4n) is 5.71. The Bertz CT molecular complexity index is 1640. The Kier molecular flexibility index (Phi) is 4.29. The zero-order chi connectivity index (χ0) is 24.3. The fraction of sp³-hybridized carbons (Fsp3) is 0.240. The molecule has 5 aliphatic rings. The van der Waals surface area contributed by atoms with Crippen LogP contribution in [0.1, 0.15) is 33.6 Å². The Labute approximate surface area is 214 Å². The number of hydrogen-bond donors (Lipinski definition) is 1. The molecule has 1 N–H and O–H groups in total. The van der Waals surface area contributed by atoms with E-state index < -0.39 is 21.2 Å². The summed E-state index contributed by atoms with van der Waals surface area (Å²) in [5, 5.41) is 3.24. The van der Waals surface area contributed by atoms with Crippen LogP contribution < -0.4 is 5.32 Å². The maximum Gasteiger partial charge on any atom is 0.268 e. The zero-order valence-corrected chi connectivity index (χ0v) is 21.7. The molecular formula is C25H18BrN3O4S2. The molecule has 7 rings (SSSR count). The Balaban J connectivity index is 1.52. The first-order chi connectivity index (χ1) is 16.7. The summed E-state index contributed by atoms with van der Waals surface area (Å²) in [5.41, 5.74) is 3.67. The van der Waals surface area contributed by atoms with Crippen LogP contribution in [-0.2, 0) is 21.2 Å². The van der Waals surface area contributed by atoms with Crippen molar-refractivity contribution in [1.82, 2.24) is 9.29 Å². The molecule has 1 spiro atoms. The normalized spacial score (nSPS) is 26.3. The van der Waals surface area contributed by atoms with Gasteiger partial charge in [0, 0.05) is 28.8 Å². The average molecular weight is 568 g/mol. The predicted octanol–water partition coefficient (Wildman–Crippen LogP) is 3.74. The molecule has 1 aromatic heterocycles. The van der Waals surface area contributed by atoms with E-state index >= 15 is 0 Å². The fourth-order valence-corrected chi connectivity index (χ4v) is 9.03. The molecule has 0 radical (unpaired) electrons. The number of thioether (sulfide) groups is 1. The summed E-state index contributed by atoms with van der Waals surface area (Å²) >= 11 is 4.91. The highest BCUT2D eigenvalue weighted by molar-refractivity contribution is 9.12. The summed E-state index contributed by atoms with van der Waals surface area (Å²) in [6, 6.07) is 6.62. The van der Waals surface area contributed by atoms with Gasteiger partial charge in [-0.25, -0.2) is 12.4 Å². The zero-order valence-electron chi connectivity index (χ0n) is 18.5. The van der Waals surface area contributed by atoms with Crippen molar-refractivity contribution in [2.24, 2.45) is 10.4 Å². The number of ketones is 2. The third kappa shape index (κ3) is 2.73. The third-order valence-electron chi connectivity index (χ3n) is 7.28. The number of carbonyl (C=O) groups is 2. The van der Waals surface area contributed by atoms with E-state index in [4.69, 9.17) is 4.99 Å². The Morgan fingerprint density at radius 3 is 2.77 bits per heavy atom. The van der Waals surface area contributed by atoms with Gasteiger partial charge < -0.3 is 5.32 Å². The highest BCUT2D eigenvalue weighted by atomic mass is 79.9. The summed E-state index contributed by atoms with van der Waals surface area (Å²) < 4.78 is 29.0. The van der Waals surface area contributed by atoms with Crippen molar-refractivity contribution in [2.45, 2.75) is 30.0 Å². The first-order valence-corrected chi connectivity index (χ1v) is 14.3. The number of benzene rings is 1. The van der Waals surface area contributed by atoms with Crippen LogP contribution in [0.2, 0.25) is 0 Å². The largest absolute Gasteiger partial charge is 0.384 e. The molecule has 176 valence electrons. The van der Waals surface area contributed by atoms with Crippen molar-refractivity contribution in [3.05, 3.63) is 80.0 Å². The highest BCUT2D eigenvalue weighted by Gasteiger charge is 2.57. The van der Waals surface area contributed by atoms with Crippen molar-refractivity contribution in [3.63, 3.8) is 0 Å². The van der Waals surface area contributed by atoms with Crippen LogP contribution in [0.3, 0.4) is 0 Å². The molecule has 3 aliphatic heterocycles. The standard InChI is InChI=1S/C25H18BrN3O4S2/c1-12-2-4-14(5-3-12)35(32,33)29-11-13-6-7-27-21-19(13)23(29)24(31)22-20(21)25-9-15(26)16(30)8-17(25)34-18(10-25)28-22/h2-5,8-9,11,18,27H,6-7,10H2,1H3/t18-,25-/m0/s1. The first kappa shape index (κ1) is 21.6. The van der Waals surface area contributed by atoms with Crippen LogP contribution in [0, 0.1) is 12.3 Å². The molecule has 2 aromatic rings. The van der Waals surface area contributed by atoms with Crippen molar-refractivity contribution in [3.8, 4) is 0 Å². The topological polar surface area (TPSA) is 97.6 Å². The molecular weight excluding hydrogens is 550 g/mol. The number of nitrogens with one attached hydrogen (secondary N) is 1. The molecule has 10 heteroatoms. The number of nitrogens with zero attached hydrogens (tertiary/aromatic N) is 2. The minimum absolute atomic E-state index is 0.103. The van der Waals surface area contributed by atoms with Gasteiger partial charge in [0.05, 0.1) is 20.5 Å². The summed E-state index contributed by atoms with van der Waals surface area (Å²) in [5.74, 6) is -0.495. The van der Waals surface area contributed by atoms with Crippen LogP contribution in [0.5, 0.6) is 0 Å². The number of fused-ring (bicyclic) bond motifs is 2. The van der Waals surface area contributed by atoms with E-state index in [2.05, 4.69) is 21.2 Å². The third-order valence-corrected chi connectivity index (χ3v) is 10.9. The number of aryl methyl sites for hydroxylation is 1. The number of carbonyl (C=O) groups excluding carboxylic acids is 2. The summed E-state index contributed by atoms with van der Waals surface area (Å²) in [7, 11) is -4.00. The molecule has 4 heterocycles. The molecule has 2 aliphatic carbocycles. The summed E-state index contributed by atoms with van der Waals surface area (Å²) in [4.78, 5) is 32.2. The second-order valence-corrected chi connectivity index (χ2v) is 13.2. The quantitative estimate of drug-likeness (QED) is 0.593. The molecule has 0 amide bonds. The molecule has 0 saturated carbocycles. The average Bonchev–Trinajstić information content (AvgIpc) is 3.35. The van der Waals surface area contributed by atoms with E-state index in [1.807, 2.05) is 13.0 Å². The van der Waals surface area contributed by atoms with Gasteiger partial charge in [0.15, 0.2) is 5.78 Å². The second-order valence-electron chi connectivity index (χ2n) is 9.34. The van der Waals surface area contributed by atoms with Crippen LogP contribution in [0.4, 0.5) is 0 Å². The number of Topliss-reactive ketones (excluding diaryl/α,β-unsaturated/α-hetero) is 1. The summed E-state index contributed by atoms with van der Waals surface area (Å²) in [6.45, 7) is 2.50. The van der Waals surface area contributed by atoms with Gasteiger partial charge in [-0.3, -0.25) is 14.6 Å². The molecule has 1 fully saturated rings. The maximum atomic E-state index is 14.0. The molecule has 0 unspecified atom stereocenters. The van der Waals surface area contributed by atoms with Crippen molar-refractivity contribution in [1.29, 1.82) is 0 Å². The van der Waals surface area contributed by atoms with Crippen molar-refractivity contribution in [2.75, 3.05) is 6.54 Å². The van der Waals surface area contributed by atoms with Crippen LogP contribution in [-0.4, -0.2) is 41.6 Å². The molecule has 2 atom stereocenters. The molecule has 1 aromatic carbocycles. The minimum Gasteiger partial charge on any atom is -0.384 e. The lowest BCUT2D eigenvalue weighted by Crippen LogP contribution is -2.42. The number of rotatable bonds is 2.